The van der Waals surface area contributed by atoms with E-state index in [4.69, 9.17) is 9.47 Å². The van der Waals surface area contributed by atoms with Gasteiger partial charge in [0.15, 0.2) is 18.0 Å². The van der Waals surface area contributed by atoms with Crippen LogP contribution in [0.5, 0.6) is 0 Å². The largest absolute Gasteiger partial charge is 0.457 e. The van der Waals surface area contributed by atoms with Crippen molar-refractivity contribution in [2.75, 3.05) is 6.61 Å². The molecule has 1 N–H and O–H groups in total. The summed E-state index contributed by atoms with van der Waals surface area (Å²) in [7, 11) is 0. The summed E-state index contributed by atoms with van der Waals surface area (Å²) in [5.41, 5.74) is 1.62. The molecule has 0 bridgehead atoms. The molecule has 0 amide bonds. The Morgan fingerprint density at radius 3 is 1.34 bits per heavy atom. The second-order valence-electron chi connectivity index (χ2n) is 17.0. The van der Waals surface area contributed by atoms with Crippen molar-refractivity contribution >= 4 is 11.8 Å². The molecule has 1 unspecified atom stereocenters. The Hall–Kier alpha value is -3.80. The first-order valence-electron chi connectivity index (χ1n) is 24.5. The number of hydrogen-bond acceptors (Lipinski definition) is 5. The van der Waals surface area contributed by atoms with Gasteiger partial charge in [-0.1, -0.05) is 238 Å². The number of allylic oxidation sites excluding steroid dienone is 4. The molecule has 0 aliphatic heterocycles. The van der Waals surface area contributed by atoms with Crippen molar-refractivity contribution in [2.45, 2.75) is 199 Å². The molecule has 0 fully saturated rings. The lowest BCUT2D eigenvalue weighted by Crippen LogP contribution is -2.44. The number of esters is 1. The van der Waals surface area contributed by atoms with E-state index in [1.54, 1.807) is 0 Å². The van der Waals surface area contributed by atoms with Crippen molar-refractivity contribution in [3.8, 4) is 0 Å². The summed E-state index contributed by atoms with van der Waals surface area (Å²) in [5.74, 6) is -0.705. The highest BCUT2D eigenvalue weighted by Crippen LogP contribution is 2.40. The number of benzene rings is 3. The highest BCUT2D eigenvalue weighted by atomic mass is 16.6. The minimum absolute atomic E-state index is 0.155. The Balaban J connectivity index is 1.58. The van der Waals surface area contributed by atoms with Gasteiger partial charge in [0.2, 0.25) is 0 Å². The van der Waals surface area contributed by atoms with E-state index in [0.29, 0.717) is 12.8 Å². The third-order valence-corrected chi connectivity index (χ3v) is 11.8. The van der Waals surface area contributed by atoms with E-state index in [-0.39, 0.29) is 25.2 Å². The predicted octanol–water partition coefficient (Wildman–Crippen LogP) is 15.1. The van der Waals surface area contributed by atoms with Gasteiger partial charge < -0.3 is 14.6 Å². The molecule has 5 heteroatoms. The van der Waals surface area contributed by atoms with E-state index in [0.717, 1.165) is 68.1 Å². The van der Waals surface area contributed by atoms with Gasteiger partial charge >= 0.3 is 5.97 Å². The van der Waals surface area contributed by atoms with E-state index >= 15 is 0 Å². The molecule has 0 radical (unpaired) electrons. The lowest BCUT2D eigenvalue weighted by Gasteiger charge is -2.37. The van der Waals surface area contributed by atoms with Gasteiger partial charge in [0.25, 0.3) is 0 Å². The zero-order valence-corrected chi connectivity index (χ0v) is 38.3. The SMILES string of the molecule is CCCCC/C=C\C/C=C\CCCCCCCC(=O)O[C@@H](COC(c1ccccc1)(c1ccccc1)c1ccccc1)C(O)C(=O)CCCCCCCCCCCCCCC. The van der Waals surface area contributed by atoms with E-state index in [1.807, 2.05) is 91.0 Å². The lowest BCUT2D eigenvalue weighted by molar-refractivity contribution is -0.167. The maximum atomic E-state index is 13.6. The van der Waals surface area contributed by atoms with E-state index < -0.39 is 23.8 Å². The average molecular weight is 835 g/mol. The Bertz CT molecular complexity index is 1470. The van der Waals surface area contributed by atoms with Crippen LogP contribution in [0.15, 0.2) is 115 Å². The van der Waals surface area contributed by atoms with Gasteiger partial charge in [0.05, 0.1) is 6.61 Å². The van der Waals surface area contributed by atoms with Crippen molar-refractivity contribution in [3.05, 3.63) is 132 Å². The van der Waals surface area contributed by atoms with Crippen molar-refractivity contribution in [1.82, 2.24) is 0 Å². The van der Waals surface area contributed by atoms with Crippen molar-refractivity contribution in [3.63, 3.8) is 0 Å². The van der Waals surface area contributed by atoms with Crippen LogP contribution in [-0.4, -0.2) is 35.7 Å². The summed E-state index contributed by atoms with van der Waals surface area (Å²) in [6.45, 7) is 4.34. The van der Waals surface area contributed by atoms with Crippen LogP contribution in [0.4, 0.5) is 0 Å². The topological polar surface area (TPSA) is 72.8 Å². The molecule has 3 rings (SSSR count). The number of rotatable bonds is 37. The standard InChI is InChI=1S/C56H82O5/c1-3-5-7-9-11-13-15-17-18-20-22-24-26-28-39-47-54(58)61-53(55(59)52(57)46-38-27-25-23-21-19-16-14-12-10-8-6-4-2)48-60-56(49-40-32-29-33-41-49,50-42-34-30-35-43-50)51-44-36-31-37-45-51/h11,13,17-18,29-37,40-45,53,55,59H,3-10,12,14-16,19-28,38-39,46-48H2,1-2H3/b13-11-,18-17-/t53-,55?/m0/s1. The fourth-order valence-corrected chi connectivity index (χ4v) is 8.15. The normalized spacial score (nSPS) is 12.9. The van der Waals surface area contributed by atoms with Crippen molar-refractivity contribution in [1.29, 1.82) is 0 Å². The summed E-state index contributed by atoms with van der Waals surface area (Å²) >= 11 is 0. The fourth-order valence-electron chi connectivity index (χ4n) is 8.15. The van der Waals surface area contributed by atoms with Gasteiger partial charge in [-0.3, -0.25) is 9.59 Å². The molecule has 3 aromatic carbocycles. The number of hydrogen-bond donors (Lipinski definition) is 1. The molecule has 0 spiro atoms. The lowest BCUT2D eigenvalue weighted by atomic mass is 9.80. The van der Waals surface area contributed by atoms with Gasteiger partial charge in [-0.2, -0.15) is 0 Å². The molecule has 3 aromatic rings. The number of aliphatic hydroxyl groups is 1. The highest BCUT2D eigenvalue weighted by Gasteiger charge is 2.40. The number of carbonyl (C=O) groups is 2. The summed E-state index contributed by atoms with van der Waals surface area (Å²) in [6.07, 6.45) is 34.9. The first kappa shape index (κ1) is 51.5. The van der Waals surface area contributed by atoms with Crippen molar-refractivity contribution in [2.24, 2.45) is 0 Å². The molecule has 336 valence electrons. The van der Waals surface area contributed by atoms with Crippen LogP contribution in [0.1, 0.15) is 197 Å². The maximum absolute atomic E-state index is 13.6. The number of unbranched alkanes of at least 4 members (excludes halogenated alkanes) is 20. The minimum atomic E-state index is -1.48. The number of ether oxygens (including phenoxy) is 2. The second kappa shape index (κ2) is 33.8. The molecular weight excluding hydrogens is 753 g/mol. The van der Waals surface area contributed by atoms with Crippen LogP contribution < -0.4 is 0 Å². The monoisotopic (exact) mass is 835 g/mol. The predicted molar refractivity (Wildman–Crippen MR) is 256 cm³/mol. The van der Waals surface area contributed by atoms with Gasteiger partial charge in [-0.15, -0.1) is 0 Å². The van der Waals surface area contributed by atoms with Crippen molar-refractivity contribution < 1.29 is 24.2 Å². The van der Waals surface area contributed by atoms with E-state index in [9.17, 15) is 14.7 Å². The Morgan fingerprint density at radius 1 is 0.508 bits per heavy atom. The van der Waals surface area contributed by atoms with Crippen LogP contribution >= 0.6 is 0 Å². The molecule has 2 atom stereocenters. The number of carbonyl (C=O) groups excluding carboxylic acids is 2. The summed E-state index contributed by atoms with van der Waals surface area (Å²) in [5, 5.41) is 11.6. The molecular formula is C56H82O5. The van der Waals surface area contributed by atoms with E-state index in [1.165, 1.54) is 89.9 Å². The quantitative estimate of drug-likeness (QED) is 0.0271. The number of aliphatic hydroxyl groups excluding tert-OH is 1. The third kappa shape index (κ3) is 21.2. The van der Waals surface area contributed by atoms with Crippen LogP contribution in [-0.2, 0) is 24.7 Å². The second-order valence-corrected chi connectivity index (χ2v) is 17.0. The molecule has 0 saturated carbocycles. The average Bonchev–Trinajstić information content (AvgIpc) is 3.29. The molecule has 0 saturated heterocycles. The zero-order chi connectivity index (χ0) is 43.5. The Labute approximate surface area is 371 Å². The molecule has 0 aromatic heterocycles. The molecule has 0 aliphatic rings. The van der Waals surface area contributed by atoms with Gasteiger partial charge in [-0.25, -0.2) is 0 Å². The van der Waals surface area contributed by atoms with E-state index in [2.05, 4.69) is 38.2 Å². The molecule has 5 nitrogen and oxygen atoms in total. The smallest absolute Gasteiger partial charge is 0.306 e. The molecule has 61 heavy (non-hydrogen) atoms. The summed E-state index contributed by atoms with van der Waals surface area (Å²) < 4.78 is 13.0. The van der Waals surface area contributed by atoms with Crippen LogP contribution in [0, 0.1) is 0 Å². The zero-order valence-electron chi connectivity index (χ0n) is 38.3. The number of Topliss-reactive ketones (excluding diaryl/α,β-unsaturated/α-hetero) is 1. The first-order valence-corrected chi connectivity index (χ1v) is 24.5. The van der Waals surface area contributed by atoms with Gasteiger partial charge in [-0.05, 0) is 61.6 Å². The Kier molecular flexibility index (Phi) is 28.5. The summed E-state index contributed by atoms with van der Waals surface area (Å²) in [6, 6.07) is 30.0. The molecule has 0 heterocycles. The molecule has 0 aliphatic carbocycles. The fraction of sp³-hybridized carbons (Fsp3) is 0.571. The maximum Gasteiger partial charge on any atom is 0.306 e. The van der Waals surface area contributed by atoms with Gasteiger partial charge in [0, 0.05) is 12.8 Å². The minimum Gasteiger partial charge on any atom is -0.457 e. The highest BCUT2D eigenvalue weighted by molar-refractivity contribution is 5.84. The van der Waals surface area contributed by atoms with Crippen LogP contribution in [0.2, 0.25) is 0 Å². The first-order chi connectivity index (χ1) is 30.0. The van der Waals surface area contributed by atoms with Gasteiger partial charge in [0.1, 0.15) is 5.60 Å². The number of ketones is 1. The Morgan fingerprint density at radius 2 is 0.885 bits per heavy atom. The van der Waals surface area contributed by atoms with Crippen LogP contribution in [0.25, 0.3) is 0 Å². The van der Waals surface area contributed by atoms with Crippen LogP contribution in [0.3, 0.4) is 0 Å². The third-order valence-electron chi connectivity index (χ3n) is 11.8. The summed E-state index contributed by atoms with van der Waals surface area (Å²) in [4.78, 5) is 27.0.